The lowest BCUT2D eigenvalue weighted by atomic mass is 10.1. The fourth-order valence-corrected chi connectivity index (χ4v) is 1.68. The van der Waals surface area contributed by atoms with E-state index in [1.807, 2.05) is 18.2 Å². The third kappa shape index (κ3) is 6.26. The fourth-order valence-electron chi connectivity index (χ4n) is 1.68. The van der Waals surface area contributed by atoms with Gasteiger partial charge in [-0.15, -0.1) is 0 Å². The Labute approximate surface area is 122 Å². The molecule has 0 aliphatic heterocycles. The first-order chi connectivity index (χ1) is 9.31. The molecule has 0 saturated heterocycles. The van der Waals surface area contributed by atoms with Crippen molar-refractivity contribution in [3.63, 3.8) is 0 Å². The molecule has 0 aliphatic rings. The van der Waals surface area contributed by atoms with Gasteiger partial charge < -0.3 is 19.9 Å². The van der Waals surface area contributed by atoms with E-state index in [0.29, 0.717) is 24.8 Å². The quantitative estimate of drug-likeness (QED) is 0.769. The van der Waals surface area contributed by atoms with E-state index in [-0.39, 0.29) is 0 Å². The second-order valence-electron chi connectivity index (χ2n) is 5.93. The first kappa shape index (κ1) is 16.8. The van der Waals surface area contributed by atoms with E-state index >= 15 is 0 Å². The molecule has 0 aliphatic carbocycles. The highest BCUT2D eigenvalue weighted by atomic mass is 16.5. The van der Waals surface area contributed by atoms with Gasteiger partial charge in [-0.3, -0.25) is 0 Å². The zero-order valence-electron chi connectivity index (χ0n) is 13.2. The summed E-state index contributed by atoms with van der Waals surface area (Å²) in [6.45, 7) is 9.03. The summed E-state index contributed by atoms with van der Waals surface area (Å²) in [5, 5.41) is 13.1. The smallest absolute Gasteiger partial charge is 0.161 e. The minimum Gasteiger partial charge on any atom is -0.493 e. The molecular weight excluding hydrogens is 254 g/mol. The van der Waals surface area contributed by atoms with Gasteiger partial charge in [-0.05, 0) is 31.5 Å². The zero-order chi connectivity index (χ0) is 15.2. The van der Waals surface area contributed by atoms with Crippen LogP contribution < -0.4 is 14.8 Å². The molecule has 0 aromatic heterocycles. The largest absolute Gasteiger partial charge is 0.493 e. The molecule has 1 rings (SSSR count). The molecule has 20 heavy (non-hydrogen) atoms. The predicted octanol–water partition coefficient (Wildman–Crippen LogP) is 2.73. The number of aliphatic hydroxyl groups is 1. The number of ether oxygens (including phenoxy) is 2. The molecule has 0 radical (unpaired) electrons. The van der Waals surface area contributed by atoms with E-state index in [9.17, 15) is 5.11 Å². The van der Waals surface area contributed by atoms with Gasteiger partial charge in [0.25, 0.3) is 0 Å². The summed E-state index contributed by atoms with van der Waals surface area (Å²) in [5.74, 6) is 1.44. The molecule has 1 aromatic carbocycles. The van der Waals surface area contributed by atoms with Gasteiger partial charge in [0.15, 0.2) is 11.5 Å². The molecule has 0 heterocycles. The summed E-state index contributed by atoms with van der Waals surface area (Å²) in [6, 6.07) is 6.36. The Bertz CT molecular complexity index is 411. The van der Waals surface area contributed by atoms with Crippen molar-refractivity contribution in [3.05, 3.63) is 23.8 Å². The maximum atomic E-state index is 9.70. The van der Waals surface area contributed by atoms with E-state index in [2.05, 4.69) is 19.2 Å². The maximum absolute atomic E-state index is 9.70. The number of benzene rings is 1. The van der Waals surface area contributed by atoms with E-state index in [4.69, 9.17) is 9.47 Å². The van der Waals surface area contributed by atoms with Crippen molar-refractivity contribution in [2.45, 2.75) is 52.3 Å². The van der Waals surface area contributed by atoms with Gasteiger partial charge in [0.1, 0.15) is 0 Å². The zero-order valence-corrected chi connectivity index (χ0v) is 13.2. The first-order valence-corrected chi connectivity index (χ1v) is 7.07. The van der Waals surface area contributed by atoms with Gasteiger partial charge >= 0.3 is 0 Å². The van der Waals surface area contributed by atoms with E-state index in [0.717, 1.165) is 17.9 Å². The highest BCUT2D eigenvalue weighted by Crippen LogP contribution is 2.28. The molecule has 0 bridgehead atoms. The van der Waals surface area contributed by atoms with Crippen LogP contribution in [0.1, 0.15) is 39.7 Å². The maximum Gasteiger partial charge on any atom is 0.161 e. The van der Waals surface area contributed by atoms with Crippen molar-refractivity contribution in [3.8, 4) is 11.5 Å². The minimum atomic E-state index is -0.718. The van der Waals surface area contributed by atoms with Crippen LogP contribution in [0.5, 0.6) is 11.5 Å². The van der Waals surface area contributed by atoms with Crippen LogP contribution in [0.4, 0.5) is 0 Å². The summed E-state index contributed by atoms with van der Waals surface area (Å²) in [4.78, 5) is 0. The average molecular weight is 281 g/mol. The lowest BCUT2D eigenvalue weighted by Gasteiger charge is -2.18. The van der Waals surface area contributed by atoms with Gasteiger partial charge in [-0.2, -0.15) is 0 Å². The Morgan fingerprint density at radius 2 is 1.95 bits per heavy atom. The molecule has 0 spiro atoms. The van der Waals surface area contributed by atoms with E-state index in [1.165, 1.54) is 0 Å². The molecule has 1 aromatic rings. The van der Waals surface area contributed by atoms with Crippen LogP contribution in [0.15, 0.2) is 18.2 Å². The molecule has 0 fully saturated rings. The molecule has 114 valence electrons. The van der Waals surface area contributed by atoms with Crippen LogP contribution in [0, 0.1) is 0 Å². The van der Waals surface area contributed by atoms with Crippen molar-refractivity contribution < 1.29 is 14.6 Å². The highest BCUT2D eigenvalue weighted by Gasteiger charge is 2.13. The van der Waals surface area contributed by atoms with E-state index < -0.39 is 5.60 Å². The van der Waals surface area contributed by atoms with Crippen LogP contribution in [0.3, 0.4) is 0 Å². The van der Waals surface area contributed by atoms with Gasteiger partial charge in [0.05, 0.1) is 19.3 Å². The molecule has 0 unspecified atom stereocenters. The van der Waals surface area contributed by atoms with Crippen molar-refractivity contribution in [1.29, 1.82) is 0 Å². The number of hydrogen-bond acceptors (Lipinski definition) is 4. The Morgan fingerprint density at radius 1 is 1.25 bits per heavy atom. The SMILES string of the molecule is COc1ccc(CNC(C)C)cc1OCCC(C)(C)O. The second-order valence-corrected chi connectivity index (χ2v) is 5.93. The Hall–Kier alpha value is -1.26. The normalized spacial score (nSPS) is 11.8. The standard InChI is InChI=1S/C16H27NO3/c1-12(2)17-11-13-6-7-14(19-5)15(10-13)20-9-8-16(3,4)18/h6-7,10,12,17-18H,8-9,11H2,1-5H3. The van der Waals surface area contributed by atoms with Crippen molar-refractivity contribution in [1.82, 2.24) is 5.32 Å². The van der Waals surface area contributed by atoms with Crippen LogP contribution in [0.2, 0.25) is 0 Å². The van der Waals surface area contributed by atoms with Crippen molar-refractivity contribution >= 4 is 0 Å². The lowest BCUT2D eigenvalue weighted by Crippen LogP contribution is -2.22. The molecule has 0 atom stereocenters. The van der Waals surface area contributed by atoms with Crippen LogP contribution in [-0.2, 0) is 6.54 Å². The molecule has 4 nitrogen and oxygen atoms in total. The van der Waals surface area contributed by atoms with Crippen molar-refractivity contribution in [2.24, 2.45) is 0 Å². The summed E-state index contributed by atoms with van der Waals surface area (Å²) < 4.78 is 11.0. The van der Waals surface area contributed by atoms with Gasteiger partial charge in [-0.1, -0.05) is 19.9 Å². The fraction of sp³-hybridized carbons (Fsp3) is 0.625. The lowest BCUT2D eigenvalue weighted by molar-refractivity contribution is 0.0549. The predicted molar refractivity (Wildman–Crippen MR) is 81.4 cm³/mol. The third-order valence-electron chi connectivity index (χ3n) is 2.91. The second kappa shape index (κ2) is 7.50. The molecule has 0 amide bonds. The first-order valence-electron chi connectivity index (χ1n) is 7.07. The molecule has 4 heteroatoms. The summed E-state index contributed by atoms with van der Waals surface area (Å²) in [6.07, 6.45) is 0.574. The average Bonchev–Trinajstić information content (AvgIpc) is 2.35. The van der Waals surface area contributed by atoms with Crippen LogP contribution in [-0.4, -0.2) is 30.5 Å². The highest BCUT2D eigenvalue weighted by molar-refractivity contribution is 5.42. The van der Waals surface area contributed by atoms with Crippen LogP contribution in [0.25, 0.3) is 0 Å². The number of methoxy groups -OCH3 is 1. The van der Waals surface area contributed by atoms with E-state index in [1.54, 1.807) is 21.0 Å². The molecule has 0 saturated carbocycles. The number of hydrogen-bond donors (Lipinski definition) is 2. The monoisotopic (exact) mass is 281 g/mol. The number of rotatable bonds is 8. The van der Waals surface area contributed by atoms with Gasteiger partial charge in [0, 0.05) is 19.0 Å². The van der Waals surface area contributed by atoms with Gasteiger partial charge in [0.2, 0.25) is 0 Å². The summed E-state index contributed by atoms with van der Waals surface area (Å²) >= 11 is 0. The molecular formula is C16H27NO3. The van der Waals surface area contributed by atoms with Crippen LogP contribution >= 0.6 is 0 Å². The Morgan fingerprint density at radius 3 is 2.50 bits per heavy atom. The van der Waals surface area contributed by atoms with Crippen molar-refractivity contribution in [2.75, 3.05) is 13.7 Å². The summed E-state index contributed by atoms with van der Waals surface area (Å²) in [7, 11) is 1.63. The Kier molecular flexibility index (Phi) is 6.30. The Balaban J connectivity index is 2.68. The minimum absolute atomic E-state index is 0.441. The molecule has 2 N–H and O–H groups in total. The van der Waals surface area contributed by atoms with Gasteiger partial charge in [-0.25, -0.2) is 0 Å². The summed E-state index contributed by atoms with van der Waals surface area (Å²) in [5.41, 5.74) is 0.432. The number of nitrogens with one attached hydrogen (secondary N) is 1. The topological polar surface area (TPSA) is 50.7 Å². The third-order valence-corrected chi connectivity index (χ3v) is 2.91.